The first-order valence-corrected chi connectivity index (χ1v) is 11.0. The number of nitrogens with zero attached hydrogens (tertiary/aromatic N) is 3. The summed E-state index contributed by atoms with van der Waals surface area (Å²) in [6, 6.07) is 11.2. The summed E-state index contributed by atoms with van der Waals surface area (Å²) in [5.74, 6) is -0.475. The number of halogens is 1. The zero-order valence-electron chi connectivity index (χ0n) is 15.3. The highest BCUT2D eigenvalue weighted by molar-refractivity contribution is 8.19. The van der Waals surface area contributed by atoms with Crippen molar-refractivity contribution in [2.24, 2.45) is 4.40 Å². The van der Waals surface area contributed by atoms with Gasteiger partial charge in [0, 0.05) is 23.7 Å². The number of nitro benzene ring substituents is 1. The first-order valence-electron chi connectivity index (χ1n) is 8.38. The molecule has 2 aromatic rings. The summed E-state index contributed by atoms with van der Waals surface area (Å²) in [5, 5.41) is 11.3. The average Bonchev–Trinajstić information content (AvgIpc) is 2.97. The Hall–Kier alpha value is -2.95. The van der Waals surface area contributed by atoms with Crippen LogP contribution in [0.4, 0.5) is 5.69 Å². The standard InChI is InChI=1S/C19H14ClN3O5S2/c1-2-10-22-18(24)17(12-13-4-3-5-15(11-13)23(25)26)29-19(22)21-30(27,28)16-8-6-14(20)7-9-16/h2-9,11-12H,1,10H2/b17-12-,21-19?. The molecule has 30 heavy (non-hydrogen) atoms. The molecule has 8 nitrogen and oxygen atoms in total. The molecule has 1 saturated heterocycles. The second kappa shape index (κ2) is 8.82. The summed E-state index contributed by atoms with van der Waals surface area (Å²) < 4.78 is 29.1. The Morgan fingerprint density at radius 3 is 2.57 bits per heavy atom. The Bertz CT molecular complexity index is 1190. The van der Waals surface area contributed by atoms with Crippen molar-refractivity contribution in [3.05, 3.63) is 86.8 Å². The predicted molar refractivity (Wildman–Crippen MR) is 117 cm³/mol. The van der Waals surface area contributed by atoms with Gasteiger partial charge in [0.05, 0.1) is 14.7 Å². The minimum Gasteiger partial charge on any atom is -0.282 e. The van der Waals surface area contributed by atoms with Crippen molar-refractivity contribution in [1.29, 1.82) is 0 Å². The van der Waals surface area contributed by atoms with E-state index in [0.29, 0.717) is 10.6 Å². The van der Waals surface area contributed by atoms with Crippen molar-refractivity contribution in [3.8, 4) is 0 Å². The summed E-state index contributed by atoms with van der Waals surface area (Å²) in [6.45, 7) is 3.63. The van der Waals surface area contributed by atoms with Crippen LogP contribution in [0.1, 0.15) is 5.56 Å². The lowest BCUT2D eigenvalue weighted by molar-refractivity contribution is -0.384. The highest BCUT2D eigenvalue weighted by Crippen LogP contribution is 2.34. The van der Waals surface area contributed by atoms with E-state index >= 15 is 0 Å². The molecule has 154 valence electrons. The fourth-order valence-electron chi connectivity index (χ4n) is 2.51. The molecule has 0 aromatic heterocycles. The summed E-state index contributed by atoms with van der Waals surface area (Å²) in [5.41, 5.74) is 0.308. The van der Waals surface area contributed by atoms with Gasteiger partial charge in [-0.3, -0.25) is 19.8 Å². The smallest absolute Gasteiger partial charge is 0.282 e. The van der Waals surface area contributed by atoms with E-state index in [2.05, 4.69) is 11.0 Å². The highest BCUT2D eigenvalue weighted by atomic mass is 35.5. The number of carbonyl (C=O) groups is 1. The second-order valence-corrected chi connectivity index (χ2v) is 9.02. The molecule has 0 atom stereocenters. The van der Waals surface area contributed by atoms with Crippen LogP contribution in [0.25, 0.3) is 6.08 Å². The number of non-ortho nitro benzene ring substituents is 1. The fraction of sp³-hybridized carbons (Fsp3) is 0.0526. The largest absolute Gasteiger partial charge is 0.284 e. The van der Waals surface area contributed by atoms with Crippen LogP contribution in [0.2, 0.25) is 5.02 Å². The molecule has 1 heterocycles. The molecular formula is C19H14ClN3O5S2. The van der Waals surface area contributed by atoms with Crippen molar-refractivity contribution in [2.75, 3.05) is 6.54 Å². The number of hydrogen-bond acceptors (Lipinski definition) is 6. The third-order valence-corrected chi connectivity index (χ3v) is 6.54. The average molecular weight is 464 g/mol. The Kier molecular flexibility index (Phi) is 6.40. The predicted octanol–water partition coefficient (Wildman–Crippen LogP) is 4.10. The van der Waals surface area contributed by atoms with Gasteiger partial charge in [-0.2, -0.15) is 8.42 Å². The summed E-state index contributed by atoms with van der Waals surface area (Å²) >= 11 is 6.66. The molecule has 0 spiro atoms. The minimum atomic E-state index is -4.09. The number of sulfonamides is 1. The Balaban J connectivity index is 1.99. The zero-order valence-corrected chi connectivity index (χ0v) is 17.7. The van der Waals surface area contributed by atoms with E-state index in [1.165, 1.54) is 59.5 Å². The van der Waals surface area contributed by atoms with Gasteiger partial charge in [-0.1, -0.05) is 29.8 Å². The van der Waals surface area contributed by atoms with Crippen LogP contribution in [0.5, 0.6) is 0 Å². The molecule has 2 aromatic carbocycles. The van der Waals surface area contributed by atoms with Crippen LogP contribution in [0.3, 0.4) is 0 Å². The Morgan fingerprint density at radius 2 is 1.93 bits per heavy atom. The molecule has 0 radical (unpaired) electrons. The third-order valence-electron chi connectivity index (χ3n) is 3.89. The van der Waals surface area contributed by atoms with Crippen LogP contribution in [-0.2, 0) is 14.8 Å². The molecule has 11 heteroatoms. The molecule has 1 aliphatic rings. The van der Waals surface area contributed by atoms with Crippen molar-refractivity contribution in [3.63, 3.8) is 0 Å². The third kappa shape index (κ3) is 4.78. The topological polar surface area (TPSA) is 110 Å². The van der Waals surface area contributed by atoms with Crippen LogP contribution in [-0.4, -0.2) is 35.9 Å². The van der Waals surface area contributed by atoms with Crippen molar-refractivity contribution >= 4 is 56.2 Å². The van der Waals surface area contributed by atoms with Gasteiger partial charge >= 0.3 is 0 Å². The van der Waals surface area contributed by atoms with Crippen molar-refractivity contribution in [2.45, 2.75) is 4.90 Å². The lowest BCUT2D eigenvalue weighted by Gasteiger charge is -2.12. The number of carbonyl (C=O) groups excluding carboxylic acids is 1. The van der Waals surface area contributed by atoms with Crippen LogP contribution < -0.4 is 0 Å². The van der Waals surface area contributed by atoms with E-state index in [4.69, 9.17) is 11.6 Å². The maximum Gasteiger partial charge on any atom is 0.284 e. The van der Waals surface area contributed by atoms with Gasteiger partial charge in [-0.05, 0) is 47.7 Å². The number of benzene rings is 2. The molecule has 0 bridgehead atoms. The first kappa shape index (κ1) is 21.8. The maximum absolute atomic E-state index is 12.8. The molecule has 3 rings (SSSR count). The van der Waals surface area contributed by atoms with Gasteiger partial charge in [0.15, 0.2) is 5.17 Å². The van der Waals surface area contributed by atoms with Crippen LogP contribution in [0.15, 0.2) is 75.4 Å². The van der Waals surface area contributed by atoms with Gasteiger partial charge in [0.25, 0.3) is 21.6 Å². The quantitative estimate of drug-likeness (QED) is 0.276. The fourth-order valence-corrected chi connectivity index (χ4v) is 4.82. The normalized spacial score (nSPS) is 17.0. The number of amidine groups is 1. The van der Waals surface area contributed by atoms with E-state index in [1.807, 2.05) is 0 Å². The van der Waals surface area contributed by atoms with E-state index in [0.717, 1.165) is 11.8 Å². The molecule has 0 N–H and O–H groups in total. The minimum absolute atomic E-state index is 0.0356. The van der Waals surface area contributed by atoms with Gasteiger partial charge in [0.1, 0.15) is 0 Å². The lowest BCUT2D eigenvalue weighted by Crippen LogP contribution is -2.29. The second-order valence-electron chi connectivity index (χ2n) is 5.97. The molecule has 0 unspecified atom stereocenters. The van der Waals surface area contributed by atoms with Crippen molar-refractivity contribution in [1.82, 2.24) is 4.90 Å². The van der Waals surface area contributed by atoms with E-state index in [1.54, 1.807) is 6.07 Å². The Morgan fingerprint density at radius 1 is 1.23 bits per heavy atom. The molecular weight excluding hydrogens is 450 g/mol. The highest BCUT2D eigenvalue weighted by Gasteiger charge is 2.34. The number of thioether (sulfide) groups is 1. The molecule has 1 amide bonds. The van der Waals surface area contributed by atoms with Gasteiger partial charge < -0.3 is 0 Å². The van der Waals surface area contributed by atoms with E-state index in [-0.39, 0.29) is 27.2 Å². The summed E-state index contributed by atoms with van der Waals surface area (Å²) in [7, 11) is -4.09. The number of hydrogen-bond donors (Lipinski definition) is 0. The van der Waals surface area contributed by atoms with Gasteiger partial charge in [-0.25, -0.2) is 0 Å². The molecule has 1 fully saturated rings. The van der Waals surface area contributed by atoms with Crippen LogP contribution in [0, 0.1) is 10.1 Å². The number of amides is 1. The van der Waals surface area contributed by atoms with Gasteiger partial charge in [-0.15, -0.1) is 11.0 Å². The lowest BCUT2D eigenvalue weighted by atomic mass is 10.2. The molecule has 1 aliphatic heterocycles. The van der Waals surface area contributed by atoms with E-state index < -0.39 is 20.9 Å². The zero-order chi connectivity index (χ0) is 21.9. The molecule has 0 aliphatic carbocycles. The SMILES string of the molecule is C=CCN1C(=O)/C(=C/c2cccc([N+](=O)[O-])c2)SC1=NS(=O)(=O)c1ccc(Cl)cc1. The Labute approximate surface area is 181 Å². The first-order chi connectivity index (χ1) is 14.2. The van der Waals surface area contributed by atoms with Crippen LogP contribution >= 0.6 is 23.4 Å². The summed E-state index contributed by atoms with van der Waals surface area (Å²) in [4.78, 5) is 24.5. The molecule has 0 saturated carbocycles. The van der Waals surface area contributed by atoms with Crippen molar-refractivity contribution < 1.29 is 18.1 Å². The maximum atomic E-state index is 12.8. The monoisotopic (exact) mass is 463 g/mol. The van der Waals surface area contributed by atoms with E-state index in [9.17, 15) is 23.3 Å². The number of rotatable bonds is 6. The summed E-state index contributed by atoms with van der Waals surface area (Å²) in [6.07, 6.45) is 2.90. The van der Waals surface area contributed by atoms with Gasteiger partial charge in [0.2, 0.25) is 0 Å². The number of nitro groups is 1.